The molecule has 92 valence electrons. The Morgan fingerprint density at radius 2 is 1.94 bits per heavy atom. The Labute approximate surface area is 102 Å². The van der Waals surface area contributed by atoms with Gasteiger partial charge in [-0.1, -0.05) is 0 Å². The number of rotatable bonds is 2. The molecule has 1 aromatic rings. The van der Waals surface area contributed by atoms with Gasteiger partial charge in [0.05, 0.1) is 24.2 Å². The van der Waals surface area contributed by atoms with Gasteiger partial charge in [-0.2, -0.15) is 0 Å². The molecule has 1 aromatic carbocycles. The van der Waals surface area contributed by atoms with E-state index in [2.05, 4.69) is 4.90 Å². The summed E-state index contributed by atoms with van der Waals surface area (Å²) in [7, 11) is 1.64. The summed E-state index contributed by atoms with van der Waals surface area (Å²) in [4.78, 5) is 2.37. The quantitative estimate of drug-likeness (QED) is 0.765. The lowest BCUT2D eigenvalue weighted by Crippen LogP contribution is -2.21. The highest BCUT2D eigenvalue weighted by Crippen LogP contribution is 2.54. The Balaban J connectivity index is 1.91. The maximum Gasteiger partial charge on any atom is 0.143 e. The lowest BCUT2D eigenvalue weighted by molar-refractivity contribution is 0.417. The third kappa shape index (κ3) is 1.68. The predicted molar refractivity (Wildman–Crippen MR) is 70.3 cm³/mol. The summed E-state index contributed by atoms with van der Waals surface area (Å²) in [5.74, 6) is 0.714. The molecule has 0 unspecified atom stereocenters. The topological polar surface area (TPSA) is 64.5 Å². The standard InChI is InChI=1S/C13H19N3O/c1-17-12-7-11(9(14)6-10(12)15)16-5-4-13(8-16)2-3-13/h6-7H,2-5,8,14-15H2,1H3. The van der Waals surface area contributed by atoms with Crippen molar-refractivity contribution < 1.29 is 4.74 Å². The molecule has 0 aromatic heterocycles. The van der Waals surface area contributed by atoms with Crippen molar-refractivity contribution in [1.29, 1.82) is 0 Å². The van der Waals surface area contributed by atoms with Crippen LogP contribution in [0.4, 0.5) is 17.1 Å². The zero-order valence-electron chi connectivity index (χ0n) is 10.2. The van der Waals surface area contributed by atoms with Gasteiger partial charge < -0.3 is 21.1 Å². The Morgan fingerprint density at radius 1 is 1.18 bits per heavy atom. The molecule has 4 heteroatoms. The van der Waals surface area contributed by atoms with Gasteiger partial charge in [-0.3, -0.25) is 0 Å². The van der Waals surface area contributed by atoms with Crippen LogP contribution >= 0.6 is 0 Å². The molecular formula is C13H19N3O. The third-order valence-electron chi connectivity index (χ3n) is 4.12. The number of nitrogens with zero attached hydrogens (tertiary/aromatic N) is 1. The van der Waals surface area contributed by atoms with Gasteiger partial charge in [0, 0.05) is 19.2 Å². The monoisotopic (exact) mass is 233 g/mol. The van der Waals surface area contributed by atoms with Crippen molar-refractivity contribution in [3.63, 3.8) is 0 Å². The van der Waals surface area contributed by atoms with E-state index < -0.39 is 0 Å². The molecule has 0 radical (unpaired) electrons. The summed E-state index contributed by atoms with van der Waals surface area (Å²) in [5.41, 5.74) is 14.9. The molecule has 1 aliphatic carbocycles. The second kappa shape index (κ2) is 3.45. The number of hydrogen-bond acceptors (Lipinski definition) is 4. The molecule has 3 rings (SSSR count). The predicted octanol–water partition coefficient (Wildman–Crippen LogP) is 1.85. The molecule has 1 spiro atoms. The number of ether oxygens (including phenoxy) is 1. The van der Waals surface area contributed by atoms with E-state index in [0.29, 0.717) is 16.9 Å². The van der Waals surface area contributed by atoms with Crippen LogP contribution in [0.2, 0.25) is 0 Å². The van der Waals surface area contributed by atoms with Gasteiger partial charge >= 0.3 is 0 Å². The molecule has 0 atom stereocenters. The number of hydrogen-bond donors (Lipinski definition) is 2. The van der Waals surface area contributed by atoms with E-state index in [0.717, 1.165) is 24.5 Å². The number of methoxy groups -OCH3 is 1. The van der Waals surface area contributed by atoms with E-state index in [1.807, 2.05) is 6.07 Å². The molecule has 0 bridgehead atoms. The summed E-state index contributed by atoms with van der Waals surface area (Å²) in [6.45, 7) is 2.22. The van der Waals surface area contributed by atoms with Crippen molar-refractivity contribution in [3.05, 3.63) is 12.1 Å². The van der Waals surface area contributed by atoms with Crippen molar-refractivity contribution in [2.75, 3.05) is 36.6 Å². The van der Waals surface area contributed by atoms with Gasteiger partial charge in [-0.25, -0.2) is 0 Å². The fourth-order valence-corrected chi connectivity index (χ4v) is 2.78. The Hall–Kier alpha value is -1.58. The summed E-state index contributed by atoms with van der Waals surface area (Å²) in [6, 6.07) is 3.76. The molecule has 1 saturated heterocycles. The highest BCUT2D eigenvalue weighted by atomic mass is 16.5. The van der Waals surface area contributed by atoms with Crippen LogP contribution < -0.4 is 21.1 Å². The van der Waals surface area contributed by atoms with E-state index in [-0.39, 0.29) is 0 Å². The van der Waals surface area contributed by atoms with Crippen molar-refractivity contribution in [2.24, 2.45) is 5.41 Å². The van der Waals surface area contributed by atoms with Crippen LogP contribution in [-0.4, -0.2) is 20.2 Å². The molecule has 4 N–H and O–H groups in total. The molecule has 17 heavy (non-hydrogen) atoms. The van der Waals surface area contributed by atoms with Crippen LogP contribution in [-0.2, 0) is 0 Å². The minimum Gasteiger partial charge on any atom is -0.495 e. The van der Waals surface area contributed by atoms with Gasteiger partial charge in [0.25, 0.3) is 0 Å². The third-order valence-corrected chi connectivity index (χ3v) is 4.12. The van der Waals surface area contributed by atoms with E-state index in [4.69, 9.17) is 16.2 Å². The summed E-state index contributed by atoms with van der Waals surface area (Å²) in [6.07, 6.45) is 4.03. The van der Waals surface area contributed by atoms with Gasteiger partial charge in [-0.05, 0) is 30.7 Å². The molecule has 2 fully saturated rings. The highest BCUT2D eigenvalue weighted by molar-refractivity contribution is 5.76. The Morgan fingerprint density at radius 3 is 2.53 bits per heavy atom. The Kier molecular flexibility index (Phi) is 2.15. The van der Waals surface area contributed by atoms with Crippen LogP contribution in [0.5, 0.6) is 5.75 Å². The van der Waals surface area contributed by atoms with Crippen LogP contribution in [0.15, 0.2) is 12.1 Å². The number of anilines is 3. The van der Waals surface area contributed by atoms with Crippen LogP contribution in [0, 0.1) is 5.41 Å². The largest absolute Gasteiger partial charge is 0.495 e. The van der Waals surface area contributed by atoms with Crippen molar-refractivity contribution in [3.8, 4) is 5.75 Å². The van der Waals surface area contributed by atoms with Gasteiger partial charge in [0.2, 0.25) is 0 Å². The lowest BCUT2D eigenvalue weighted by Gasteiger charge is -2.22. The normalized spacial score (nSPS) is 20.9. The minimum absolute atomic E-state index is 0.598. The minimum atomic E-state index is 0.598. The molecule has 1 heterocycles. The Bertz CT molecular complexity index is 454. The summed E-state index contributed by atoms with van der Waals surface area (Å²) < 4.78 is 5.26. The lowest BCUT2D eigenvalue weighted by atomic mass is 10.1. The molecule has 1 saturated carbocycles. The SMILES string of the molecule is COc1cc(N2CCC3(CC3)C2)c(N)cc1N. The zero-order chi connectivity index (χ0) is 12.0. The first-order valence-corrected chi connectivity index (χ1v) is 6.11. The van der Waals surface area contributed by atoms with E-state index >= 15 is 0 Å². The van der Waals surface area contributed by atoms with Crippen LogP contribution in [0.25, 0.3) is 0 Å². The zero-order valence-corrected chi connectivity index (χ0v) is 10.2. The van der Waals surface area contributed by atoms with Gasteiger partial charge in [0.15, 0.2) is 0 Å². The second-order valence-electron chi connectivity index (χ2n) is 5.32. The average molecular weight is 233 g/mol. The first kappa shape index (κ1) is 10.6. The number of benzene rings is 1. The van der Waals surface area contributed by atoms with Crippen LogP contribution in [0.3, 0.4) is 0 Å². The maximum absolute atomic E-state index is 6.06. The van der Waals surface area contributed by atoms with Crippen molar-refractivity contribution in [1.82, 2.24) is 0 Å². The molecule has 0 amide bonds. The fraction of sp³-hybridized carbons (Fsp3) is 0.538. The maximum atomic E-state index is 6.06. The first-order chi connectivity index (χ1) is 8.13. The number of nitrogen functional groups attached to an aromatic ring is 2. The van der Waals surface area contributed by atoms with Gasteiger partial charge in [-0.15, -0.1) is 0 Å². The summed E-state index contributed by atoms with van der Waals surface area (Å²) in [5, 5.41) is 0. The fourth-order valence-electron chi connectivity index (χ4n) is 2.78. The molecule has 1 aliphatic heterocycles. The highest BCUT2D eigenvalue weighted by Gasteiger charge is 2.47. The molecule has 2 aliphatic rings. The van der Waals surface area contributed by atoms with E-state index in [9.17, 15) is 0 Å². The van der Waals surface area contributed by atoms with E-state index in [1.165, 1.54) is 19.3 Å². The smallest absolute Gasteiger partial charge is 0.143 e. The molecule has 4 nitrogen and oxygen atoms in total. The summed E-state index contributed by atoms with van der Waals surface area (Å²) >= 11 is 0. The number of nitrogens with two attached hydrogens (primary N) is 2. The van der Waals surface area contributed by atoms with Crippen LogP contribution in [0.1, 0.15) is 19.3 Å². The van der Waals surface area contributed by atoms with Gasteiger partial charge in [0.1, 0.15) is 5.75 Å². The second-order valence-corrected chi connectivity index (χ2v) is 5.32. The van der Waals surface area contributed by atoms with Crippen molar-refractivity contribution in [2.45, 2.75) is 19.3 Å². The average Bonchev–Trinajstić information content (AvgIpc) is 2.91. The van der Waals surface area contributed by atoms with Crippen molar-refractivity contribution >= 4 is 17.1 Å². The van der Waals surface area contributed by atoms with E-state index in [1.54, 1.807) is 13.2 Å². The first-order valence-electron chi connectivity index (χ1n) is 6.11. The molecular weight excluding hydrogens is 214 g/mol.